The van der Waals surface area contributed by atoms with Gasteiger partial charge in [-0.1, -0.05) is 19.3 Å². The van der Waals surface area contributed by atoms with E-state index in [0.29, 0.717) is 0 Å². The van der Waals surface area contributed by atoms with Gasteiger partial charge in [0.15, 0.2) is 0 Å². The summed E-state index contributed by atoms with van der Waals surface area (Å²) in [6.07, 6.45) is 7.46. The zero-order valence-electron chi connectivity index (χ0n) is 13.4. The maximum atomic E-state index is 12.2. The molecule has 0 unspecified atom stereocenters. The van der Waals surface area contributed by atoms with Crippen LogP contribution in [-0.2, 0) is 4.79 Å². The third-order valence-electron chi connectivity index (χ3n) is 4.52. The molecular weight excluding hydrogens is 266 g/mol. The second-order valence-electron chi connectivity index (χ2n) is 6.71. The van der Waals surface area contributed by atoms with Crippen LogP contribution in [0.15, 0.2) is 0 Å². The highest BCUT2D eigenvalue weighted by Crippen LogP contribution is 2.24. The zero-order valence-corrected chi connectivity index (χ0v) is 13.4. The SMILES string of the molecule is CC(C)NC(=O)N1CCC(NC(=O)C2CCCCC2)CC1. The van der Waals surface area contributed by atoms with Crippen LogP contribution in [-0.4, -0.2) is 42.0 Å². The zero-order chi connectivity index (χ0) is 15.2. The van der Waals surface area contributed by atoms with Gasteiger partial charge in [-0.3, -0.25) is 4.79 Å². The molecule has 3 amide bonds. The molecule has 2 fully saturated rings. The van der Waals surface area contributed by atoms with E-state index in [-0.39, 0.29) is 29.9 Å². The summed E-state index contributed by atoms with van der Waals surface area (Å²) in [4.78, 5) is 26.0. The van der Waals surface area contributed by atoms with Crippen LogP contribution >= 0.6 is 0 Å². The van der Waals surface area contributed by atoms with Crippen molar-refractivity contribution < 1.29 is 9.59 Å². The van der Waals surface area contributed by atoms with Gasteiger partial charge in [0.25, 0.3) is 0 Å². The molecule has 0 spiro atoms. The molecular formula is C16H29N3O2. The summed E-state index contributed by atoms with van der Waals surface area (Å²) < 4.78 is 0. The van der Waals surface area contributed by atoms with Crippen molar-refractivity contribution in [3.63, 3.8) is 0 Å². The molecule has 5 heteroatoms. The maximum absolute atomic E-state index is 12.2. The van der Waals surface area contributed by atoms with Gasteiger partial charge < -0.3 is 15.5 Å². The number of nitrogens with zero attached hydrogens (tertiary/aromatic N) is 1. The maximum Gasteiger partial charge on any atom is 0.317 e. The number of likely N-dealkylation sites (tertiary alicyclic amines) is 1. The Morgan fingerprint density at radius 1 is 1.00 bits per heavy atom. The number of piperidine rings is 1. The molecule has 0 aromatic heterocycles. The Labute approximate surface area is 127 Å². The number of carbonyl (C=O) groups is 2. The predicted octanol–water partition coefficient (Wildman–Crippen LogP) is 2.27. The Balaban J connectivity index is 1.71. The quantitative estimate of drug-likeness (QED) is 0.839. The minimum Gasteiger partial charge on any atom is -0.353 e. The first-order valence-electron chi connectivity index (χ1n) is 8.42. The highest BCUT2D eigenvalue weighted by Gasteiger charge is 2.27. The topological polar surface area (TPSA) is 61.4 Å². The van der Waals surface area contributed by atoms with E-state index in [1.807, 2.05) is 18.7 Å². The standard InChI is InChI=1S/C16H29N3O2/c1-12(2)17-16(21)19-10-8-14(9-11-19)18-15(20)13-6-4-3-5-7-13/h12-14H,3-11H2,1-2H3,(H,17,21)(H,18,20). The Bertz CT molecular complexity index is 357. The molecule has 0 aromatic rings. The van der Waals surface area contributed by atoms with Gasteiger partial charge in [0.05, 0.1) is 0 Å². The lowest BCUT2D eigenvalue weighted by Crippen LogP contribution is -2.51. The van der Waals surface area contributed by atoms with Gasteiger partial charge in [0.2, 0.25) is 5.91 Å². The highest BCUT2D eigenvalue weighted by molar-refractivity contribution is 5.79. The van der Waals surface area contributed by atoms with Crippen LogP contribution in [0.25, 0.3) is 0 Å². The summed E-state index contributed by atoms with van der Waals surface area (Å²) >= 11 is 0. The Hall–Kier alpha value is -1.26. The fraction of sp³-hybridized carbons (Fsp3) is 0.875. The van der Waals surface area contributed by atoms with Crippen molar-refractivity contribution in [1.82, 2.24) is 15.5 Å². The lowest BCUT2D eigenvalue weighted by atomic mass is 9.88. The Kier molecular flexibility index (Phi) is 5.88. The number of nitrogens with one attached hydrogen (secondary N) is 2. The minimum atomic E-state index is 0.0158. The molecule has 1 saturated heterocycles. The first kappa shape index (κ1) is 16.1. The lowest BCUT2D eigenvalue weighted by molar-refractivity contribution is -0.126. The Morgan fingerprint density at radius 2 is 1.62 bits per heavy atom. The van der Waals surface area contributed by atoms with E-state index < -0.39 is 0 Å². The molecule has 1 saturated carbocycles. The van der Waals surface area contributed by atoms with Gasteiger partial charge in [0, 0.05) is 31.1 Å². The fourth-order valence-corrected chi connectivity index (χ4v) is 3.25. The van der Waals surface area contributed by atoms with E-state index in [4.69, 9.17) is 0 Å². The van der Waals surface area contributed by atoms with Crippen LogP contribution in [0.1, 0.15) is 58.8 Å². The molecule has 0 atom stereocenters. The van der Waals surface area contributed by atoms with Crippen molar-refractivity contribution >= 4 is 11.9 Å². The molecule has 2 rings (SSSR count). The number of amides is 3. The molecule has 2 N–H and O–H groups in total. The van der Waals surface area contributed by atoms with Crippen molar-refractivity contribution in [3.05, 3.63) is 0 Å². The summed E-state index contributed by atoms with van der Waals surface area (Å²) in [7, 11) is 0. The van der Waals surface area contributed by atoms with E-state index in [0.717, 1.165) is 38.8 Å². The molecule has 21 heavy (non-hydrogen) atoms. The molecule has 1 heterocycles. The number of hydrogen-bond acceptors (Lipinski definition) is 2. The molecule has 0 bridgehead atoms. The van der Waals surface area contributed by atoms with Gasteiger partial charge in [-0.05, 0) is 39.5 Å². The van der Waals surface area contributed by atoms with Gasteiger partial charge in [-0.25, -0.2) is 4.79 Å². The molecule has 0 radical (unpaired) electrons. The largest absolute Gasteiger partial charge is 0.353 e. The monoisotopic (exact) mass is 295 g/mol. The van der Waals surface area contributed by atoms with Crippen molar-refractivity contribution in [2.45, 2.75) is 70.9 Å². The predicted molar refractivity (Wildman–Crippen MR) is 83.0 cm³/mol. The average Bonchev–Trinajstić information content (AvgIpc) is 2.48. The summed E-state index contributed by atoms with van der Waals surface area (Å²) in [5.74, 6) is 0.459. The third-order valence-corrected chi connectivity index (χ3v) is 4.52. The van der Waals surface area contributed by atoms with Crippen molar-refractivity contribution in [2.75, 3.05) is 13.1 Å². The molecule has 5 nitrogen and oxygen atoms in total. The van der Waals surface area contributed by atoms with Gasteiger partial charge >= 0.3 is 6.03 Å². The summed E-state index contributed by atoms with van der Waals surface area (Å²) in [6, 6.07) is 0.422. The molecule has 1 aliphatic heterocycles. The van der Waals surface area contributed by atoms with Gasteiger partial charge in [-0.2, -0.15) is 0 Å². The van der Waals surface area contributed by atoms with E-state index in [9.17, 15) is 9.59 Å². The normalized spacial score (nSPS) is 21.4. The number of hydrogen-bond donors (Lipinski definition) is 2. The van der Waals surface area contributed by atoms with Crippen LogP contribution in [0.5, 0.6) is 0 Å². The molecule has 0 aromatic carbocycles. The second kappa shape index (κ2) is 7.66. The molecule has 1 aliphatic carbocycles. The van der Waals surface area contributed by atoms with Crippen LogP contribution in [0, 0.1) is 5.92 Å². The van der Waals surface area contributed by atoms with Crippen LogP contribution < -0.4 is 10.6 Å². The van der Waals surface area contributed by atoms with Crippen molar-refractivity contribution in [1.29, 1.82) is 0 Å². The van der Waals surface area contributed by atoms with Gasteiger partial charge in [-0.15, -0.1) is 0 Å². The van der Waals surface area contributed by atoms with E-state index in [1.165, 1.54) is 19.3 Å². The second-order valence-corrected chi connectivity index (χ2v) is 6.71. The number of carbonyl (C=O) groups excluding carboxylic acids is 2. The molecule has 2 aliphatic rings. The van der Waals surface area contributed by atoms with Crippen LogP contribution in [0.4, 0.5) is 4.79 Å². The average molecular weight is 295 g/mol. The van der Waals surface area contributed by atoms with Crippen molar-refractivity contribution in [3.8, 4) is 0 Å². The first-order chi connectivity index (χ1) is 10.1. The summed E-state index contributed by atoms with van der Waals surface area (Å²) in [5, 5.41) is 6.11. The van der Waals surface area contributed by atoms with Crippen LogP contribution in [0.2, 0.25) is 0 Å². The first-order valence-corrected chi connectivity index (χ1v) is 8.42. The minimum absolute atomic E-state index is 0.0158. The molecule has 120 valence electrons. The summed E-state index contributed by atoms with van der Waals surface area (Å²) in [6.45, 7) is 5.40. The lowest BCUT2D eigenvalue weighted by Gasteiger charge is -2.34. The fourth-order valence-electron chi connectivity index (χ4n) is 3.25. The highest BCUT2D eigenvalue weighted by atomic mass is 16.2. The number of urea groups is 1. The van der Waals surface area contributed by atoms with E-state index in [1.54, 1.807) is 0 Å². The van der Waals surface area contributed by atoms with Crippen LogP contribution in [0.3, 0.4) is 0 Å². The van der Waals surface area contributed by atoms with E-state index >= 15 is 0 Å². The Morgan fingerprint density at radius 3 is 2.19 bits per heavy atom. The number of rotatable bonds is 3. The smallest absolute Gasteiger partial charge is 0.317 e. The van der Waals surface area contributed by atoms with E-state index in [2.05, 4.69) is 10.6 Å². The van der Waals surface area contributed by atoms with Crippen molar-refractivity contribution in [2.24, 2.45) is 5.92 Å². The third kappa shape index (κ3) is 4.90. The van der Waals surface area contributed by atoms with Gasteiger partial charge in [0.1, 0.15) is 0 Å². The summed E-state index contributed by atoms with van der Waals surface area (Å²) in [5.41, 5.74) is 0.